The number of ether oxygens (including phenoxy) is 1. The molecule has 2 atom stereocenters. The standard InChI is InChI=1S/C11H20N2O2S/c1-8(7-10(12)16)13-11(14)5-4-9-3-2-6-15-9/h8-9H,2-7H2,1H3,(H2,12,16)(H,13,14). The normalized spacial score (nSPS) is 21.7. The Hall–Kier alpha value is -0.680. The highest BCUT2D eigenvalue weighted by molar-refractivity contribution is 7.80. The number of carbonyl (C=O) groups is 1. The number of carbonyl (C=O) groups excluding carboxylic acids is 1. The third kappa shape index (κ3) is 5.42. The molecular formula is C11H20N2O2S. The first-order valence-corrected chi connectivity index (χ1v) is 6.18. The summed E-state index contributed by atoms with van der Waals surface area (Å²) < 4.78 is 5.45. The van der Waals surface area contributed by atoms with Crippen molar-refractivity contribution in [3.63, 3.8) is 0 Å². The van der Waals surface area contributed by atoms with Crippen LogP contribution in [0.25, 0.3) is 0 Å². The topological polar surface area (TPSA) is 64.3 Å². The summed E-state index contributed by atoms with van der Waals surface area (Å²) in [6.45, 7) is 2.74. The van der Waals surface area contributed by atoms with E-state index in [9.17, 15) is 4.79 Å². The molecule has 2 unspecified atom stereocenters. The number of hydrogen-bond donors (Lipinski definition) is 2. The van der Waals surface area contributed by atoms with Gasteiger partial charge in [-0.15, -0.1) is 0 Å². The van der Waals surface area contributed by atoms with Crippen molar-refractivity contribution in [1.29, 1.82) is 0 Å². The lowest BCUT2D eigenvalue weighted by molar-refractivity contribution is -0.122. The average Bonchev–Trinajstić information content (AvgIpc) is 2.65. The van der Waals surface area contributed by atoms with Crippen LogP contribution >= 0.6 is 12.2 Å². The lowest BCUT2D eigenvalue weighted by Crippen LogP contribution is -2.35. The zero-order valence-electron chi connectivity index (χ0n) is 9.70. The molecule has 92 valence electrons. The van der Waals surface area contributed by atoms with Crippen molar-refractivity contribution in [2.75, 3.05) is 6.61 Å². The summed E-state index contributed by atoms with van der Waals surface area (Å²) in [5, 5.41) is 2.87. The van der Waals surface area contributed by atoms with Crippen molar-refractivity contribution in [3.8, 4) is 0 Å². The van der Waals surface area contributed by atoms with Gasteiger partial charge in [0.2, 0.25) is 5.91 Å². The fraction of sp³-hybridized carbons (Fsp3) is 0.818. The fourth-order valence-corrected chi connectivity index (χ4v) is 2.11. The van der Waals surface area contributed by atoms with Crippen molar-refractivity contribution in [3.05, 3.63) is 0 Å². The molecule has 1 saturated heterocycles. The smallest absolute Gasteiger partial charge is 0.220 e. The maximum absolute atomic E-state index is 11.5. The molecule has 4 nitrogen and oxygen atoms in total. The Kier molecular flexibility index (Phi) is 5.69. The van der Waals surface area contributed by atoms with Gasteiger partial charge < -0.3 is 15.8 Å². The van der Waals surface area contributed by atoms with Crippen molar-refractivity contribution in [2.45, 2.75) is 51.2 Å². The van der Waals surface area contributed by atoms with Gasteiger partial charge in [0.25, 0.3) is 0 Å². The number of nitrogens with one attached hydrogen (secondary N) is 1. The Morgan fingerprint density at radius 1 is 1.69 bits per heavy atom. The Bertz CT molecular complexity index is 252. The van der Waals surface area contributed by atoms with Gasteiger partial charge in [0.05, 0.1) is 11.1 Å². The van der Waals surface area contributed by atoms with E-state index in [0.717, 1.165) is 25.9 Å². The van der Waals surface area contributed by atoms with E-state index in [1.165, 1.54) is 0 Å². The van der Waals surface area contributed by atoms with E-state index in [1.54, 1.807) is 0 Å². The second-order valence-corrected chi connectivity index (χ2v) is 4.84. The van der Waals surface area contributed by atoms with E-state index in [4.69, 9.17) is 22.7 Å². The van der Waals surface area contributed by atoms with Gasteiger partial charge in [0.1, 0.15) is 0 Å². The summed E-state index contributed by atoms with van der Waals surface area (Å²) in [5.41, 5.74) is 5.40. The van der Waals surface area contributed by atoms with Gasteiger partial charge in [-0.1, -0.05) is 12.2 Å². The molecule has 0 spiro atoms. The van der Waals surface area contributed by atoms with E-state index in [0.29, 0.717) is 17.8 Å². The molecule has 3 N–H and O–H groups in total. The van der Waals surface area contributed by atoms with E-state index in [-0.39, 0.29) is 18.1 Å². The fourth-order valence-electron chi connectivity index (χ4n) is 1.86. The molecule has 0 aromatic rings. The van der Waals surface area contributed by atoms with Crippen LogP contribution in [0.2, 0.25) is 0 Å². The van der Waals surface area contributed by atoms with E-state index >= 15 is 0 Å². The second-order valence-electron chi connectivity index (χ2n) is 4.31. The monoisotopic (exact) mass is 244 g/mol. The van der Waals surface area contributed by atoms with Gasteiger partial charge in [-0.25, -0.2) is 0 Å². The molecule has 0 radical (unpaired) electrons. The molecule has 1 amide bonds. The molecule has 0 aromatic heterocycles. The number of hydrogen-bond acceptors (Lipinski definition) is 3. The lowest BCUT2D eigenvalue weighted by Gasteiger charge is -2.14. The average molecular weight is 244 g/mol. The van der Waals surface area contributed by atoms with Crippen LogP contribution in [0.3, 0.4) is 0 Å². The first-order valence-electron chi connectivity index (χ1n) is 5.77. The summed E-state index contributed by atoms with van der Waals surface area (Å²) in [4.78, 5) is 12.0. The van der Waals surface area contributed by atoms with E-state index in [1.807, 2.05) is 6.92 Å². The summed E-state index contributed by atoms with van der Waals surface area (Å²) >= 11 is 4.78. The third-order valence-corrected chi connectivity index (χ3v) is 2.80. The molecule has 16 heavy (non-hydrogen) atoms. The molecule has 1 aliphatic rings. The largest absolute Gasteiger partial charge is 0.393 e. The number of nitrogens with two attached hydrogens (primary N) is 1. The highest BCUT2D eigenvalue weighted by Gasteiger charge is 2.17. The molecule has 1 aliphatic heterocycles. The second kappa shape index (κ2) is 6.81. The predicted octanol–water partition coefficient (Wildman–Crippen LogP) is 1.13. The SMILES string of the molecule is CC(CC(N)=S)NC(=O)CCC1CCCO1. The van der Waals surface area contributed by atoms with Crippen LogP contribution in [0.15, 0.2) is 0 Å². The Morgan fingerprint density at radius 3 is 3.00 bits per heavy atom. The minimum absolute atomic E-state index is 0.0227. The molecule has 0 saturated carbocycles. The minimum atomic E-state index is 0.0227. The molecule has 0 aromatic carbocycles. The highest BCUT2D eigenvalue weighted by Crippen LogP contribution is 2.16. The molecule has 1 heterocycles. The van der Waals surface area contributed by atoms with Gasteiger partial charge in [-0.2, -0.15) is 0 Å². The van der Waals surface area contributed by atoms with Crippen molar-refractivity contribution in [1.82, 2.24) is 5.32 Å². The minimum Gasteiger partial charge on any atom is -0.393 e. The molecule has 1 rings (SSSR count). The summed E-state index contributed by atoms with van der Waals surface area (Å²) in [7, 11) is 0. The van der Waals surface area contributed by atoms with Crippen LogP contribution < -0.4 is 11.1 Å². The van der Waals surface area contributed by atoms with Crippen molar-refractivity contribution >= 4 is 23.1 Å². The predicted molar refractivity (Wildman–Crippen MR) is 67.2 cm³/mol. The van der Waals surface area contributed by atoms with E-state index in [2.05, 4.69) is 5.32 Å². The molecule has 0 bridgehead atoms. The molecule has 5 heteroatoms. The maximum Gasteiger partial charge on any atom is 0.220 e. The van der Waals surface area contributed by atoms with Crippen molar-refractivity contribution < 1.29 is 9.53 Å². The Labute approximate surface area is 102 Å². The first-order chi connectivity index (χ1) is 7.58. The Balaban J connectivity index is 2.12. The van der Waals surface area contributed by atoms with Crippen LogP contribution in [-0.2, 0) is 9.53 Å². The highest BCUT2D eigenvalue weighted by atomic mass is 32.1. The van der Waals surface area contributed by atoms with Crippen LogP contribution in [0.1, 0.15) is 39.0 Å². The van der Waals surface area contributed by atoms with Crippen LogP contribution in [0.4, 0.5) is 0 Å². The van der Waals surface area contributed by atoms with Crippen LogP contribution in [-0.4, -0.2) is 29.6 Å². The summed E-state index contributed by atoms with van der Waals surface area (Å²) in [5.74, 6) is 0.0549. The van der Waals surface area contributed by atoms with Gasteiger partial charge in [0, 0.05) is 25.5 Å². The Morgan fingerprint density at radius 2 is 2.44 bits per heavy atom. The van der Waals surface area contributed by atoms with Gasteiger partial charge in [-0.05, 0) is 26.2 Å². The number of amides is 1. The zero-order chi connectivity index (χ0) is 12.0. The van der Waals surface area contributed by atoms with Gasteiger partial charge >= 0.3 is 0 Å². The summed E-state index contributed by atoms with van der Waals surface area (Å²) in [6, 6.07) is 0.0227. The molecule has 1 fully saturated rings. The van der Waals surface area contributed by atoms with Crippen LogP contribution in [0, 0.1) is 0 Å². The number of rotatable bonds is 6. The summed E-state index contributed by atoms with van der Waals surface area (Å²) in [6.07, 6.45) is 4.36. The molecular weight excluding hydrogens is 224 g/mol. The van der Waals surface area contributed by atoms with E-state index < -0.39 is 0 Å². The maximum atomic E-state index is 11.5. The van der Waals surface area contributed by atoms with Crippen molar-refractivity contribution in [2.24, 2.45) is 5.73 Å². The third-order valence-electron chi connectivity index (χ3n) is 2.63. The molecule has 0 aliphatic carbocycles. The van der Waals surface area contributed by atoms with Gasteiger partial charge in [-0.3, -0.25) is 4.79 Å². The lowest BCUT2D eigenvalue weighted by atomic mass is 10.1. The van der Waals surface area contributed by atoms with Crippen LogP contribution in [0.5, 0.6) is 0 Å². The zero-order valence-corrected chi connectivity index (χ0v) is 10.5. The van der Waals surface area contributed by atoms with Gasteiger partial charge in [0.15, 0.2) is 0 Å². The quantitative estimate of drug-likeness (QED) is 0.687. The first kappa shape index (κ1) is 13.4. The number of thiocarbonyl (C=S) groups is 1.